The smallest absolute Gasteiger partial charge is 0.274 e. The van der Waals surface area contributed by atoms with E-state index in [-0.39, 0.29) is 17.5 Å². The fourth-order valence-electron chi connectivity index (χ4n) is 2.12. The van der Waals surface area contributed by atoms with E-state index in [9.17, 15) is 9.18 Å². The van der Waals surface area contributed by atoms with E-state index < -0.39 is 5.91 Å². The molecule has 1 heterocycles. The molecule has 0 aliphatic heterocycles. The van der Waals surface area contributed by atoms with Gasteiger partial charge in [0.15, 0.2) is 0 Å². The first kappa shape index (κ1) is 18.1. The zero-order valence-electron chi connectivity index (χ0n) is 13.3. The number of benzene rings is 2. The van der Waals surface area contributed by atoms with Gasteiger partial charge in [-0.1, -0.05) is 35.3 Å². The van der Waals surface area contributed by atoms with E-state index in [0.717, 1.165) is 5.56 Å². The Bertz CT molecular complexity index is 935. The minimum Gasteiger partial charge on any atom is -0.350 e. The first-order valence-corrected chi connectivity index (χ1v) is 8.34. The molecule has 8 heteroatoms. The summed E-state index contributed by atoms with van der Waals surface area (Å²) in [6.07, 6.45) is 1.48. The van der Waals surface area contributed by atoms with Crippen molar-refractivity contribution >= 4 is 40.7 Å². The first-order chi connectivity index (χ1) is 12.5. The molecule has 0 bridgehead atoms. The van der Waals surface area contributed by atoms with Gasteiger partial charge < -0.3 is 10.6 Å². The summed E-state index contributed by atoms with van der Waals surface area (Å²) in [5.41, 5.74) is 1.55. The summed E-state index contributed by atoms with van der Waals surface area (Å²) in [7, 11) is 0. The fourth-order valence-corrected chi connectivity index (χ4v) is 2.42. The van der Waals surface area contributed by atoms with E-state index in [2.05, 4.69) is 20.6 Å². The largest absolute Gasteiger partial charge is 0.350 e. The Kier molecular flexibility index (Phi) is 5.65. The van der Waals surface area contributed by atoms with Crippen LogP contribution < -0.4 is 10.6 Å². The molecule has 2 aromatic carbocycles. The molecule has 0 saturated carbocycles. The molecule has 2 N–H and O–H groups in total. The van der Waals surface area contributed by atoms with Crippen LogP contribution in [0.25, 0.3) is 0 Å². The van der Waals surface area contributed by atoms with E-state index in [0.29, 0.717) is 22.3 Å². The summed E-state index contributed by atoms with van der Waals surface area (Å²) in [5, 5.41) is 6.43. The van der Waals surface area contributed by atoms with Crippen molar-refractivity contribution in [1.29, 1.82) is 0 Å². The molecule has 5 nitrogen and oxygen atoms in total. The van der Waals surface area contributed by atoms with Crippen molar-refractivity contribution in [2.45, 2.75) is 6.54 Å². The quantitative estimate of drug-likeness (QED) is 0.657. The average molecular weight is 391 g/mol. The number of carbonyl (C=O) groups is 1. The number of aromatic nitrogens is 2. The van der Waals surface area contributed by atoms with Gasteiger partial charge in [0.25, 0.3) is 5.91 Å². The monoisotopic (exact) mass is 390 g/mol. The van der Waals surface area contributed by atoms with E-state index in [1.807, 2.05) is 0 Å². The molecule has 132 valence electrons. The molecule has 0 spiro atoms. The average Bonchev–Trinajstić information content (AvgIpc) is 2.64. The van der Waals surface area contributed by atoms with E-state index in [1.54, 1.807) is 30.3 Å². The second-order valence-corrected chi connectivity index (χ2v) is 6.14. The lowest BCUT2D eigenvalue weighted by molar-refractivity contribution is 0.102. The van der Waals surface area contributed by atoms with Crippen LogP contribution in [-0.2, 0) is 6.54 Å². The van der Waals surface area contributed by atoms with Crippen LogP contribution in [0.5, 0.6) is 0 Å². The highest BCUT2D eigenvalue weighted by molar-refractivity contribution is 6.42. The Morgan fingerprint density at radius 2 is 1.81 bits per heavy atom. The molecule has 3 rings (SSSR count). The third-order valence-electron chi connectivity index (χ3n) is 3.43. The standard InChI is InChI=1S/C18H13Cl2FN4O/c19-14-6-5-13(9-15(14)20)24-17(26)16-7-8-22-18(25-16)23-10-11-1-3-12(21)4-2-11/h1-9H,10H2,(H,24,26)(H,22,23,25). The highest BCUT2D eigenvalue weighted by atomic mass is 35.5. The Labute approximate surface area is 159 Å². The Hall–Kier alpha value is -2.70. The molecule has 0 fully saturated rings. The number of halogens is 3. The minimum atomic E-state index is -0.407. The Morgan fingerprint density at radius 1 is 1.04 bits per heavy atom. The number of amides is 1. The number of carbonyl (C=O) groups excluding carboxylic acids is 1. The SMILES string of the molecule is O=C(Nc1ccc(Cl)c(Cl)c1)c1ccnc(NCc2ccc(F)cc2)n1. The van der Waals surface area contributed by atoms with Gasteiger partial charge >= 0.3 is 0 Å². The summed E-state index contributed by atoms with van der Waals surface area (Å²) in [6.45, 7) is 0.401. The van der Waals surface area contributed by atoms with Crippen molar-refractivity contribution in [2.75, 3.05) is 10.6 Å². The zero-order chi connectivity index (χ0) is 18.5. The summed E-state index contributed by atoms with van der Waals surface area (Å²) >= 11 is 11.8. The summed E-state index contributed by atoms with van der Waals surface area (Å²) in [5.74, 6) is -0.419. The van der Waals surface area contributed by atoms with Crippen molar-refractivity contribution in [2.24, 2.45) is 0 Å². The number of anilines is 2. The zero-order valence-corrected chi connectivity index (χ0v) is 14.9. The van der Waals surface area contributed by atoms with Gasteiger partial charge in [0.1, 0.15) is 11.5 Å². The van der Waals surface area contributed by atoms with Crippen LogP contribution >= 0.6 is 23.2 Å². The summed E-state index contributed by atoms with van der Waals surface area (Å²) in [4.78, 5) is 20.6. The van der Waals surface area contributed by atoms with E-state index in [1.165, 1.54) is 24.4 Å². The Morgan fingerprint density at radius 3 is 2.54 bits per heavy atom. The van der Waals surface area contributed by atoms with Crippen LogP contribution in [0.3, 0.4) is 0 Å². The molecule has 0 radical (unpaired) electrons. The van der Waals surface area contributed by atoms with Gasteiger partial charge in [0.05, 0.1) is 10.0 Å². The van der Waals surface area contributed by atoms with Gasteiger partial charge in [0.2, 0.25) is 5.95 Å². The molecular formula is C18H13Cl2FN4O. The molecular weight excluding hydrogens is 378 g/mol. The lowest BCUT2D eigenvalue weighted by atomic mass is 10.2. The van der Waals surface area contributed by atoms with Crippen LogP contribution in [0.15, 0.2) is 54.7 Å². The molecule has 1 amide bonds. The maximum atomic E-state index is 12.9. The van der Waals surface area contributed by atoms with E-state index >= 15 is 0 Å². The predicted octanol–water partition coefficient (Wildman–Crippen LogP) is 4.79. The number of hydrogen-bond donors (Lipinski definition) is 2. The number of rotatable bonds is 5. The van der Waals surface area contributed by atoms with Crippen molar-refractivity contribution < 1.29 is 9.18 Å². The second-order valence-electron chi connectivity index (χ2n) is 5.33. The van der Waals surface area contributed by atoms with Gasteiger partial charge in [-0.15, -0.1) is 0 Å². The first-order valence-electron chi connectivity index (χ1n) is 7.59. The van der Waals surface area contributed by atoms with Crippen LogP contribution in [0.2, 0.25) is 10.0 Å². The van der Waals surface area contributed by atoms with Gasteiger partial charge in [0, 0.05) is 18.4 Å². The molecule has 0 atom stereocenters. The van der Waals surface area contributed by atoms with Crippen LogP contribution in [0, 0.1) is 5.82 Å². The van der Waals surface area contributed by atoms with Crippen molar-refractivity contribution in [3.05, 3.63) is 81.8 Å². The van der Waals surface area contributed by atoms with Crippen molar-refractivity contribution in [3.8, 4) is 0 Å². The molecule has 1 aromatic heterocycles. The highest BCUT2D eigenvalue weighted by Gasteiger charge is 2.10. The van der Waals surface area contributed by atoms with E-state index in [4.69, 9.17) is 23.2 Å². The molecule has 0 unspecified atom stereocenters. The van der Waals surface area contributed by atoms with Gasteiger partial charge in [-0.05, 0) is 42.0 Å². The van der Waals surface area contributed by atoms with Crippen LogP contribution in [0.1, 0.15) is 16.1 Å². The second kappa shape index (κ2) is 8.12. The lowest BCUT2D eigenvalue weighted by Crippen LogP contribution is -2.15. The summed E-state index contributed by atoms with van der Waals surface area (Å²) < 4.78 is 12.9. The predicted molar refractivity (Wildman–Crippen MR) is 100 cm³/mol. The maximum Gasteiger partial charge on any atom is 0.274 e. The fraction of sp³-hybridized carbons (Fsp3) is 0.0556. The molecule has 26 heavy (non-hydrogen) atoms. The normalized spacial score (nSPS) is 10.4. The number of nitrogens with zero attached hydrogens (tertiary/aromatic N) is 2. The van der Waals surface area contributed by atoms with Gasteiger partial charge in [-0.2, -0.15) is 0 Å². The highest BCUT2D eigenvalue weighted by Crippen LogP contribution is 2.25. The maximum absolute atomic E-state index is 12.9. The lowest BCUT2D eigenvalue weighted by Gasteiger charge is -2.08. The summed E-state index contributed by atoms with van der Waals surface area (Å²) in [6, 6.07) is 12.3. The third kappa shape index (κ3) is 4.68. The van der Waals surface area contributed by atoms with Gasteiger partial charge in [-0.25, -0.2) is 14.4 Å². The Balaban J connectivity index is 1.66. The van der Waals surface area contributed by atoms with Crippen LogP contribution in [-0.4, -0.2) is 15.9 Å². The van der Waals surface area contributed by atoms with Crippen molar-refractivity contribution in [3.63, 3.8) is 0 Å². The molecule has 0 saturated heterocycles. The topological polar surface area (TPSA) is 66.9 Å². The molecule has 3 aromatic rings. The minimum absolute atomic E-state index is 0.188. The number of hydrogen-bond acceptors (Lipinski definition) is 4. The number of nitrogens with one attached hydrogen (secondary N) is 2. The third-order valence-corrected chi connectivity index (χ3v) is 4.17. The molecule has 0 aliphatic carbocycles. The van der Waals surface area contributed by atoms with Crippen LogP contribution in [0.4, 0.5) is 16.0 Å². The van der Waals surface area contributed by atoms with Gasteiger partial charge in [-0.3, -0.25) is 4.79 Å². The van der Waals surface area contributed by atoms with Crippen molar-refractivity contribution in [1.82, 2.24) is 9.97 Å². The molecule has 0 aliphatic rings.